The van der Waals surface area contributed by atoms with Crippen molar-refractivity contribution in [2.45, 2.75) is 30.6 Å². The van der Waals surface area contributed by atoms with Crippen LogP contribution in [0.2, 0.25) is 5.02 Å². The van der Waals surface area contributed by atoms with E-state index in [1.54, 1.807) is 24.3 Å². The number of ether oxygens (including phenoxy) is 1. The van der Waals surface area contributed by atoms with E-state index in [2.05, 4.69) is 10.2 Å². The summed E-state index contributed by atoms with van der Waals surface area (Å²) in [5.74, 6) is 1.000. The zero-order chi connectivity index (χ0) is 15.0. The van der Waals surface area contributed by atoms with Gasteiger partial charge in [-0.2, -0.15) is 0 Å². The summed E-state index contributed by atoms with van der Waals surface area (Å²) >= 11 is 5.87. The van der Waals surface area contributed by atoms with Gasteiger partial charge in [0.05, 0.1) is 0 Å². The molecule has 1 aliphatic rings. The standard InChI is InChI=1S/C12H11Cl2N3O3S/c13-8-2-1-3-10(6-8)20-7-11-15-16-12(21(14,18)19)17(11)9-4-5-9/h1-3,6,9H,4-5,7H2. The van der Waals surface area contributed by atoms with Gasteiger partial charge in [-0.3, -0.25) is 4.57 Å². The summed E-state index contributed by atoms with van der Waals surface area (Å²) in [7, 11) is 1.46. The van der Waals surface area contributed by atoms with Crippen LogP contribution >= 0.6 is 22.3 Å². The number of hydrogen-bond acceptors (Lipinski definition) is 5. The molecule has 0 N–H and O–H groups in total. The van der Waals surface area contributed by atoms with Crippen molar-refractivity contribution < 1.29 is 13.2 Å². The van der Waals surface area contributed by atoms with Crippen molar-refractivity contribution >= 4 is 31.3 Å². The van der Waals surface area contributed by atoms with E-state index in [1.807, 2.05) is 0 Å². The molecule has 0 spiro atoms. The fourth-order valence-electron chi connectivity index (χ4n) is 1.98. The quantitative estimate of drug-likeness (QED) is 0.777. The molecule has 0 amide bonds. The third kappa shape index (κ3) is 3.30. The molecule has 112 valence electrons. The Bertz CT molecular complexity index is 772. The monoisotopic (exact) mass is 347 g/mol. The smallest absolute Gasteiger partial charge is 0.296 e. The molecule has 0 radical (unpaired) electrons. The molecule has 0 aliphatic heterocycles. The van der Waals surface area contributed by atoms with Crippen molar-refractivity contribution in [1.82, 2.24) is 14.8 Å². The van der Waals surface area contributed by atoms with Crippen molar-refractivity contribution in [2.75, 3.05) is 0 Å². The van der Waals surface area contributed by atoms with Crippen molar-refractivity contribution in [3.8, 4) is 5.75 Å². The second kappa shape index (κ2) is 5.47. The first kappa shape index (κ1) is 14.6. The zero-order valence-electron chi connectivity index (χ0n) is 10.7. The number of hydrogen-bond donors (Lipinski definition) is 0. The van der Waals surface area contributed by atoms with E-state index in [1.165, 1.54) is 4.57 Å². The average Bonchev–Trinajstić information content (AvgIpc) is 3.15. The topological polar surface area (TPSA) is 74.1 Å². The third-order valence-corrected chi connectivity index (χ3v) is 4.39. The molecule has 3 rings (SSSR count). The van der Waals surface area contributed by atoms with Gasteiger partial charge in [-0.15, -0.1) is 10.2 Å². The summed E-state index contributed by atoms with van der Waals surface area (Å²) in [6.07, 6.45) is 1.75. The molecule has 0 saturated heterocycles. The fraction of sp³-hybridized carbons (Fsp3) is 0.333. The molecule has 21 heavy (non-hydrogen) atoms. The van der Waals surface area contributed by atoms with E-state index in [0.717, 1.165) is 12.8 Å². The highest BCUT2D eigenvalue weighted by Crippen LogP contribution is 2.38. The Morgan fingerprint density at radius 1 is 1.33 bits per heavy atom. The van der Waals surface area contributed by atoms with Gasteiger partial charge in [0.15, 0.2) is 5.82 Å². The molecule has 1 saturated carbocycles. The van der Waals surface area contributed by atoms with Gasteiger partial charge in [0, 0.05) is 21.7 Å². The van der Waals surface area contributed by atoms with Crippen molar-refractivity contribution in [3.63, 3.8) is 0 Å². The minimum Gasteiger partial charge on any atom is -0.486 e. The first-order valence-corrected chi connectivity index (χ1v) is 8.90. The Balaban J connectivity index is 1.84. The first-order chi connectivity index (χ1) is 9.95. The van der Waals surface area contributed by atoms with Crippen LogP contribution in [-0.2, 0) is 15.7 Å². The maximum Gasteiger partial charge on any atom is 0.296 e. The predicted octanol–water partition coefficient (Wildman–Crippen LogP) is 2.77. The lowest BCUT2D eigenvalue weighted by atomic mass is 10.3. The van der Waals surface area contributed by atoms with Crippen molar-refractivity contribution in [1.29, 1.82) is 0 Å². The molecule has 0 bridgehead atoms. The van der Waals surface area contributed by atoms with Crippen LogP contribution in [0.3, 0.4) is 0 Å². The van der Waals surface area contributed by atoms with Gasteiger partial charge in [0.2, 0.25) is 0 Å². The Morgan fingerprint density at radius 2 is 2.10 bits per heavy atom. The lowest BCUT2D eigenvalue weighted by Gasteiger charge is -2.09. The summed E-state index contributed by atoms with van der Waals surface area (Å²) < 4.78 is 30.1. The van der Waals surface area contributed by atoms with Crippen LogP contribution in [0.25, 0.3) is 0 Å². The molecule has 1 fully saturated rings. The number of benzene rings is 1. The molecule has 1 aliphatic carbocycles. The molecule has 0 atom stereocenters. The summed E-state index contributed by atoms with van der Waals surface area (Å²) in [6.45, 7) is 0.0935. The number of nitrogens with zero attached hydrogens (tertiary/aromatic N) is 3. The number of rotatable bonds is 5. The molecule has 0 unspecified atom stereocenters. The molecule has 1 aromatic carbocycles. The van der Waals surface area contributed by atoms with Crippen LogP contribution in [0, 0.1) is 0 Å². The van der Waals surface area contributed by atoms with Crippen LogP contribution in [0.5, 0.6) is 5.75 Å². The normalized spacial score (nSPS) is 15.1. The second-order valence-electron chi connectivity index (χ2n) is 4.68. The van der Waals surface area contributed by atoms with E-state index in [4.69, 9.17) is 27.0 Å². The summed E-state index contributed by atoms with van der Waals surface area (Å²) in [6, 6.07) is 6.99. The summed E-state index contributed by atoms with van der Waals surface area (Å²) in [5, 5.41) is 7.87. The lowest BCUT2D eigenvalue weighted by molar-refractivity contribution is 0.287. The first-order valence-electron chi connectivity index (χ1n) is 6.22. The minimum atomic E-state index is -3.92. The molecular weight excluding hydrogens is 337 g/mol. The molecule has 9 heteroatoms. The lowest BCUT2D eigenvalue weighted by Crippen LogP contribution is -2.10. The average molecular weight is 348 g/mol. The van der Waals surface area contributed by atoms with Gasteiger partial charge < -0.3 is 4.74 Å². The highest BCUT2D eigenvalue weighted by molar-refractivity contribution is 8.13. The van der Waals surface area contributed by atoms with Gasteiger partial charge in [0.1, 0.15) is 12.4 Å². The maximum atomic E-state index is 11.5. The Kier molecular flexibility index (Phi) is 3.81. The number of aromatic nitrogens is 3. The minimum absolute atomic E-state index is 0.0708. The van der Waals surface area contributed by atoms with Crippen LogP contribution in [0.15, 0.2) is 29.4 Å². The third-order valence-electron chi connectivity index (χ3n) is 3.03. The Morgan fingerprint density at radius 3 is 2.71 bits per heavy atom. The van der Waals surface area contributed by atoms with E-state index < -0.39 is 9.05 Å². The Hall–Kier alpha value is -1.31. The molecule has 1 aromatic heterocycles. The van der Waals surface area contributed by atoms with E-state index >= 15 is 0 Å². The summed E-state index contributed by atoms with van der Waals surface area (Å²) in [5.41, 5.74) is 0. The van der Waals surface area contributed by atoms with E-state index in [0.29, 0.717) is 16.6 Å². The van der Waals surface area contributed by atoms with Crippen molar-refractivity contribution in [2.24, 2.45) is 0 Å². The van der Waals surface area contributed by atoms with Crippen LogP contribution in [-0.4, -0.2) is 23.2 Å². The maximum absolute atomic E-state index is 11.5. The van der Waals surface area contributed by atoms with Gasteiger partial charge >= 0.3 is 0 Å². The van der Waals surface area contributed by atoms with Crippen LogP contribution in [0.4, 0.5) is 0 Å². The van der Waals surface area contributed by atoms with E-state index in [-0.39, 0.29) is 17.8 Å². The molecule has 2 aromatic rings. The molecule has 1 heterocycles. The SMILES string of the molecule is O=S(=O)(Cl)c1nnc(COc2cccc(Cl)c2)n1C1CC1. The van der Waals surface area contributed by atoms with E-state index in [9.17, 15) is 8.42 Å². The molecule has 6 nitrogen and oxygen atoms in total. The highest BCUT2D eigenvalue weighted by Gasteiger charge is 2.33. The largest absolute Gasteiger partial charge is 0.486 e. The van der Waals surface area contributed by atoms with Gasteiger partial charge in [-0.25, -0.2) is 8.42 Å². The summed E-state index contributed by atoms with van der Waals surface area (Å²) in [4.78, 5) is 0. The fourth-order valence-corrected chi connectivity index (χ4v) is 3.10. The van der Waals surface area contributed by atoms with Gasteiger partial charge in [0.25, 0.3) is 14.2 Å². The zero-order valence-corrected chi connectivity index (χ0v) is 13.1. The van der Waals surface area contributed by atoms with Crippen molar-refractivity contribution in [3.05, 3.63) is 35.1 Å². The predicted molar refractivity (Wildman–Crippen MR) is 77.1 cm³/mol. The van der Waals surface area contributed by atoms with Gasteiger partial charge in [-0.05, 0) is 31.0 Å². The van der Waals surface area contributed by atoms with Gasteiger partial charge in [-0.1, -0.05) is 17.7 Å². The second-order valence-corrected chi connectivity index (χ2v) is 7.58. The molecular formula is C12H11Cl2N3O3S. The highest BCUT2D eigenvalue weighted by atomic mass is 35.7. The number of halogens is 2. The Labute approximate surface area is 131 Å². The van der Waals surface area contributed by atoms with Crippen LogP contribution in [0.1, 0.15) is 24.7 Å². The van der Waals surface area contributed by atoms with Crippen LogP contribution < -0.4 is 4.74 Å².